The minimum atomic E-state index is 1.03. The molecule has 7 aromatic rings. The van der Waals surface area contributed by atoms with Gasteiger partial charge in [0.1, 0.15) is 0 Å². The number of benzene rings is 5. The lowest BCUT2D eigenvalue weighted by Gasteiger charge is -2.13. The predicted molar refractivity (Wildman–Crippen MR) is 173 cm³/mol. The van der Waals surface area contributed by atoms with Crippen LogP contribution < -0.4 is 0 Å². The normalized spacial score (nSPS) is 11.9. The molecule has 0 unspecified atom stereocenters. The molecule has 40 heavy (non-hydrogen) atoms. The number of nitrogens with zero attached hydrogens (tertiary/aromatic N) is 2. The minimum Gasteiger partial charge on any atom is -0.309 e. The van der Waals surface area contributed by atoms with Gasteiger partial charge >= 0.3 is 0 Å². The summed E-state index contributed by atoms with van der Waals surface area (Å²) in [6.07, 6.45) is 4.14. The maximum atomic E-state index is 2.49. The van der Waals surface area contributed by atoms with E-state index in [0.717, 1.165) is 25.7 Å². The van der Waals surface area contributed by atoms with Crippen molar-refractivity contribution in [1.82, 2.24) is 9.13 Å². The van der Waals surface area contributed by atoms with Crippen molar-refractivity contribution in [1.29, 1.82) is 0 Å². The molecule has 0 aliphatic heterocycles. The van der Waals surface area contributed by atoms with Crippen LogP contribution in [-0.2, 0) is 25.7 Å². The second-order valence-electron chi connectivity index (χ2n) is 11.0. The van der Waals surface area contributed by atoms with E-state index in [4.69, 9.17) is 0 Å². The predicted octanol–water partition coefficient (Wildman–Crippen LogP) is 10.1. The molecule has 0 saturated heterocycles. The van der Waals surface area contributed by atoms with E-state index in [2.05, 4.69) is 134 Å². The van der Waals surface area contributed by atoms with Crippen LogP contribution in [0.2, 0.25) is 0 Å². The molecule has 0 aliphatic carbocycles. The van der Waals surface area contributed by atoms with Crippen LogP contribution in [0.1, 0.15) is 49.9 Å². The lowest BCUT2D eigenvalue weighted by atomic mass is 10.0. The molecule has 0 aliphatic rings. The zero-order valence-electron chi connectivity index (χ0n) is 24.0. The number of rotatable bonds is 6. The Hall–Kier alpha value is -4.30. The van der Waals surface area contributed by atoms with Crippen LogP contribution in [0.5, 0.6) is 0 Å². The molecule has 0 N–H and O–H groups in total. The Labute approximate surface area is 236 Å². The van der Waals surface area contributed by atoms with Gasteiger partial charge in [-0.05, 0) is 96.5 Å². The van der Waals surface area contributed by atoms with Crippen molar-refractivity contribution in [3.05, 3.63) is 119 Å². The summed E-state index contributed by atoms with van der Waals surface area (Å²) in [5, 5.41) is 5.20. The van der Waals surface area contributed by atoms with Crippen LogP contribution in [0, 0.1) is 0 Å². The van der Waals surface area contributed by atoms with Gasteiger partial charge in [0.15, 0.2) is 0 Å². The Morgan fingerprint density at radius 2 is 0.725 bits per heavy atom. The van der Waals surface area contributed by atoms with E-state index in [1.807, 2.05) is 0 Å². The van der Waals surface area contributed by atoms with Gasteiger partial charge in [0, 0.05) is 32.9 Å². The Balaban J connectivity index is 1.62. The Bertz CT molecular complexity index is 1860. The largest absolute Gasteiger partial charge is 0.309 e. The van der Waals surface area contributed by atoms with Gasteiger partial charge in [-0.2, -0.15) is 0 Å². The zero-order valence-corrected chi connectivity index (χ0v) is 24.0. The van der Waals surface area contributed by atoms with Crippen LogP contribution in [0.25, 0.3) is 55.0 Å². The molecular formula is C38H36N2. The highest BCUT2D eigenvalue weighted by Crippen LogP contribution is 2.40. The monoisotopic (exact) mass is 520 g/mol. The fourth-order valence-electron chi connectivity index (χ4n) is 6.55. The molecule has 0 radical (unpaired) electrons. The Kier molecular flexibility index (Phi) is 6.00. The fraction of sp³-hybridized carbons (Fsp3) is 0.211. The molecule has 2 heterocycles. The molecule has 198 valence electrons. The maximum Gasteiger partial charge on any atom is 0.0548 e. The SMILES string of the molecule is CCc1cc(CC)cc(-n2c3ccccc3c3cc4c(cc32)c2ccccc2n4-c2cc(CC)cc(CC)c2)c1. The number of para-hydroxylation sites is 2. The first-order valence-corrected chi connectivity index (χ1v) is 14.9. The Morgan fingerprint density at radius 3 is 1.07 bits per heavy atom. The molecule has 2 aromatic heterocycles. The summed E-state index contributed by atoms with van der Waals surface area (Å²) in [4.78, 5) is 0. The first kappa shape index (κ1) is 24.7. The van der Waals surface area contributed by atoms with Gasteiger partial charge in [-0.15, -0.1) is 0 Å². The van der Waals surface area contributed by atoms with Gasteiger partial charge in [0.05, 0.1) is 22.1 Å². The van der Waals surface area contributed by atoms with Crippen molar-refractivity contribution < 1.29 is 0 Å². The number of aryl methyl sites for hydroxylation is 4. The topological polar surface area (TPSA) is 9.86 Å². The maximum absolute atomic E-state index is 2.49. The number of fused-ring (bicyclic) bond motifs is 6. The van der Waals surface area contributed by atoms with Crippen LogP contribution in [0.15, 0.2) is 97.1 Å². The van der Waals surface area contributed by atoms with Crippen LogP contribution >= 0.6 is 0 Å². The number of aromatic nitrogens is 2. The van der Waals surface area contributed by atoms with Gasteiger partial charge in [-0.1, -0.05) is 76.2 Å². The van der Waals surface area contributed by atoms with Crippen molar-refractivity contribution in [3.63, 3.8) is 0 Å². The molecule has 2 heteroatoms. The Morgan fingerprint density at radius 1 is 0.375 bits per heavy atom. The third-order valence-corrected chi connectivity index (χ3v) is 8.69. The van der Waals surface area contributed by atoms with E-state index in [0.29, 0.717) is 0 Å². The summed E-state index contributed by atoms with van der Waals surface area (Å²) >= 11 is 0. The van der Waals surface area contributed by atoms with Gasteiger partial charge < -0.3 is 9.13 Å². The highest BCUT2D eigenvalue weighted by atomic mass is 15.0. The van der Waals surface area contributed by atoms with E-state index >= 15 is 0 Å². The number of hydrogen-bond donors (Lipinski definition) is 0. The zero-order chi connectivity index (χ0) is 27.4. The number of hydrogen-bond acceptors (Lipinski definition) is 0. The van der Waals surface area contributed by atoms with Crippen molar-refractivity contribution >= 4 is 43.6 Å². The van der Waals surface area contributed by atoms with E-state index in [1.54, 1.807) is 0 Å². The van der Waals surface area contributed by atoms with Crippen molar-refractivity contribution in [2.24, 2.45) is 0 Å². The minimum absolute atomic E-state index is 1.03. The van der Waals surface area contributed by atoms with Gasteiger partial charge in [0.25, 0.3) is 0 Å². The molecule has 0 fully saturated rings. The molecule has 5 aromatic carbocycles. The average Bonchev–Trinajstić information content (AvgIpc) is 3.51. The molecule has 0 bridgehead atoms. The van der Waals surface area contributed by atoms with Crippen molar-refractivity contribution in [2.75, 3.05) is 0 Å². The fourth-order valence-corrected chi connectivity index (χ4v) is 6.55. The van der Waals surface area contributed by atoms with Crippen LogP contribution in [-0.4, -0.2) is 9.13 Å². The third-order valence-electron chi connectivity index (χ3n) is 8.69. The first-order valence-electron chi connectivity index (χ1n) is 14.9. The van der Waals surface area contributed by atoms with Crippen molar-refractivity contribution in [2.45, 2.75) is 53.4 Å². The molecule has 0 saturated carbocycles. The summed E-state index contributed by atoms with van der Waals surface area (Å²) in [6.45, 7) is 9.00. The van der Waals surface area contributed by atoms with E-state index in [9.17, 15) is 0 Å². The molecular weight excluding hydrogens is 484 g/mol. The summed E-state index contributed by atoms with van der Waals surface area (Å²) in [6, 6.07) is 36.9. The quantitative estimate of drug-likeness (QED) is 0.206. The molecule has 0 spiro atoms. The third kappa shape index (κ3) is 3.78. The molecule has 7 rings (SSSR count). The van der Waals surface area contributed by atoms with Crippen LogP contribution in [0.3, 0.4) is 0 Å². The lowest BCUT2D eigenvalue weighted by Crippen LogP contribution is -1.98. The van der Waals surface area contributed by atoms with Crippen LogP contribution in [0.4, 0.5) is 0 Å². The van der Waals surface area contributed by atoms with Gasteiger partial charge in [0.2, 0.25) is 0 Å². The van der Waals surface area contributed by atoms with Gasteiger partial charge in [-0.3, -0.25) is 0 Å². The van der Waals surface area contributed by atoms with Gasteiger partial charge in [-0.25, -0.2) is 0 Å². The molecule has 0 amide bonds. The van der Waals surface area contributed by atoms with Crippen molar-refractivity contribution in [3.8, 4) is 11.4 Å². The first-order chi connectivity index (χ1) is 19.6. The highest BCUT2D eigenvalue weighted by molar-refractivity contribution is 6.19. The molecule has 0 atom stereocenters. The summed E-state index contributed by atoms with van der Waals surface area (Å²) in [5.74, 6) is 0. The average molecular weight is 521 g/mol. The van der Waals surface area contributed by atoms with E-state index in [1.165, 1.54) is 77.2 Å². The highest BCUT2D eigenvalue weighted by Gasteiger charge is 2.19. The summed E-state index contributed by atoms with van der Waals surface area (Å²) < 4.78 is 4.98. The second-order valence-corrected chi connectivity index (χ2v) is 11.0. The molecule has 2 nitrogen and oxygen atoms in total. The standard InChI is InChI=1S/C38H36N2/c1-5-25-17-26(6-2)20-29(19-25)39-35-15-11-9-13-31(35)33-24-38-34(23-37(33)39)32-14-10-12-16-36(32)40(38)30-21-27(7-3)18-28(8-4)22-30/h9-24H,5-8H2,1-4H3. The summed E-state index contributed by atoms with van der Waals surface area (Å²) in [5.41, 5.74) is 13.1. The van der Waals surface area contributed by atoms with E-state index in [-0.39, 0.29) is 0 Å². The smallest absolute Gasteiger partial charge is 0.0548 e. The second kappa shape index (κ2) is 9.71. The lowest BCUT2D eigenvalue weighted by molar-refractivity contribution is 1.06. The summed E-state index contributed by atoms with van der Waals surface area (Å²) in [7, 11) is 0. The van der Waals surface area contributed by atoms with E-state index < -0.39 is 0 Å².